The maximum Gasteiger partial charge on any atom is 0.322 e. The van der Waals surface area contributed by atoms with Crippen LogP contribution in [0.3, 0.4) is 0 Å². The van der Waals surface area contributed by atoms with Crippen LogP contribution < -0.4 is 15.0 Å². The summed E-state index contributed by atoms with van der Waals surface area (Å²) in [7, 11) is 1.58. The average Bonchev–Trinajstić information content (AvgIpc) is 3.01. The molecule has 0 spiro atoms. The quantitative estimate of drug-likeness (QED) is 0.751. The minimum Gasteiger partial charge on any atom is -0.467 e. The van der Waals surface area contributed by atoms with Crippen LogP contribution in [0.5, 0.6) is 6.01 Å². The lowest BCUT2D eigenvalue weighted by atomic mass is 10.1. The van der Waals surface area contributed by atoms with Gasteiger partial charge in [0.15, 0.2) is 0 Å². The van der Waals surface area contributed by atoms with Crippen LogP contribution in [0.15, 0.2) is 24.3 Å². The van der Waals surface area contributed by atoms with E-state index in [2.05, 4.69) is 49.4 Å². The minimum absolute atomic E-state index is 0.254. The van der Waals surface area contributed by atoms with Gasteiger partial charge >= 0.3 is 6.01 Å². The molecule has 1 N–H and O–H groups in total. The van der Waals surface area contributed by atoms with E-state index in [4.69, 9.17) is 4.74 Å². The van der Waals surface area contributed by atoms with Crippen molar-refractivity contribution in [3.8, 4) is 6.01 Å². The second-order valence-electron chi connectivity index (χ2n) is 7.94. The molecule has 2 fully saturated rings. The molecule has 8 heteroatoms. The number of nitrogens with one attached hydrogen (secondary N) is 1. The number of methoxy groups -OCH3 is 1. The van der Waals surface area contributed by atoms with Crippen molar-refractivity contribution < 1.29 is 9.53 Å². The number of amides is 1. The highest BCUT2D eigenvalue weighted by Gasteiger charge is 2.20. The van der Waals surface area contributed by atoms with Crippen molar-refractivity contribution in [2.24, 2.45) is 0 Å². The van der Waals surface area contributed by atoms with E-state index in [0.29, 0.717) is 37.4 Å². The van der Waals surface area contributed by atoms with Crippen LogP contribution in [-0.2, 0) is 17.9 Å². The lowest BCUT2D eigenvalue weighted by Crippen LogP contribution is -2.26. The Kier molecular flexibility index (Phi) is 6.61. The summed E-state index contributed by atoms with van der Waals surface area (Å²) < 4.78 is 5.30. The van der Waals surface area contributed by atoms with Crippen molar-refractivity contribution in [1.29, 1.82) is 0 Å². The van der Waals surface area contributed by atoms with Crippen LogP contribution in [-0.4, -0.2) is 52.5 Å². The number of likely N-dealkylation sites (tertiary alicyclic amines) is 1. The van der Waals surface area contributed by atoms with Gasteiger partial charge < -0.3 is 19.9 Å². The fourth-order valence-electron chi connectivity index (χ4n) is 3.96. The number of benzene rings is 1. The molecule has 0 bridgehead atoms. The Hall–Kier alpha value is -2.90. The molecule has 1 aromatic carbocycles. The number of aromatic nitrogens is 3. The lowest BCUT2D eigenvalue weighted by Gasteiger charge is -2.20. The van der Waals surface area contributed by atoms with Gasteiger partial charge in [-0.05, 0) is 30.4 Å². The summed E-state index contributed by atoms with van der Waals surface area (Å²) >= 11 is 0. The summed E-state index contributed by atoms with van der Waals surface area (Å²) in [5.41, 5.74) is 2.28. The van der Waals surface area contributed by atoms with Crippen LogP contribution in [0.25, 0.3) is 0 Å². The van der Waals surface area contributed by atoms with E-state index in [1.54, 1.807) is 7.11 Å². The molecule has 0 atom stereocenters. The van der Waals surface area contributed by atoms with E-state index >= 15 is 0 Å². The zero-order valence-electron chi connectivity index (χ0n) is 17.6. The molecule has 0 saturated carbocycles. The second-order valence-corrected chi connectivity index (χ2v) is 7.94. The monoisotopic (exact) mass is 410 g/mol. The third-order valence-corrected chi connectivity index (χ3v) is 5.69. The summed E-state index contributed by atoms with van der Waals surface area (Å²) in [6.07, 6.45) is 6.47. The highest BCUT2D eigenvalue weighted by molar-refractivity contribution is 5.78. The second kappa shape index (κ2) is 9.73. The van der Waals surface area contributed by atoms with Gasteiger partial charge in [0.05, 0.1) is 7.11 Å². The number of nitrogens with zero attached hydrogens (tertiary/aromatic N) is 5. The minimum atomic E-state index is 0.254. The smallest absolute Gasteiger partial charge is 0.322 e. The van der Waals surface area contributed by atoms with Gasteiger partial charge in [-0.3, -0.25) is 4.79 Å². The number of hydrogen-bond donors (Lipinski definition) is 1. The first-order chi connectivity index (χ1) is 14.7. The predicted molar refractivity (Wildman–Crippen MR) is 115 cm³/mol. The van der Waals surface area contributed by atoms with Crippen molar-refractivity contribution in [2.45, 2.75) is 51.6 Å². The molecule has 30 heavy (non-hydrogen) atoms. The summed E-state index contributed by atoms with van der Waals surface area (Å²) in [4.78, 5) is 29.4. The van der Waals surface area contributed by atoms with Crippen molar-refractivity contribution in [2.75, 3.05) is 37.0 Å². The van der Waals surface area contributed by atoms with E-state index in [9.17, 15) is 4.79 Å². The van der Waals surface area contributed by atoms with Crippen molar-refractivity contribution in [3.63, 3.8) is 0 Å². The molecule has 4 rings (SSSR count). The van der Waals surface area contributed by atoms with Crippen LogP contribution >= 0.6 is 0 Å². The average molecular weight is 411 g/mol. The molecule has 0 unspecified atom stereocenters. The van der Waals surface area contributed by atoms with E-state index in [-0.39, 0.29) is 5.91 Å². The molecular formula is C22H30N6O2. The number of carbonyl (C=O) groups excluding carboxylic acids is 1. The molecule has 0 radical (unpaired) electrons. The Bertz CT molecular complexity index is 849. The third kappa shape index (κ3) is 5.17. The number of carbonyl (C=O) groups is 1. The van der Waals surface area contributed by atoms with E-state index < -0.39 is 0 Å². The first-order valence-electron chi connectivity index (χ1n) is 10.9. The molecule has 2 aromatic rings. The van der Waals surface area contributed by atoms with Gasteiger partial charge in [0.25, 0.3) is 0 Å². The summed E-state index contributed by atoms with van der Waals surface area (Å²) in [6, 6.07) is 8.66. The number of hydrogen-bond acceptors (Lipinski definition) is 7. The molecule has 2 aliphatic rings. The first-order valence-corrected chi connectivity index (χ1v) is 10.9. The predicted octanol–water partition coefficient (Wildman–Crippen LogP) is 3.00. The molecular weight excluding hydrogens is 380 g/mol. The zero-order valence-corrected chi connectivity index (χ0v) is 17.6. The van der Waals surface area contributed by atoms with Crippen LogP contribution in [0.2, 0.25) is 0 Å². The summed E-state index contributed by atoms with van der Waals surface area (Å²) in [5, 5.41) is 3.30. The Morgan fingerprint density at radius 1 is 0.933 bits per heavy atom. The van der Waals surface area contributed by atoms with Crippen molar-refractivity contribution in [3.05, 3.63) is 35.4 Å². The van der Waals surface area contributed by atoms with Gasteiger partial charge in [0.2, 0.25) is 17.8 Å². The fourth-order valence-corrected chi connectivity index (χ4v) is 3.96. The molecule has 0 aliphatic carbocycles. The number of ether oxygens (including phenoxy) is 1. The molecule has 1 aromatic heterocycles. The Morgan fingerprint density at radius 2 is 1.67 bits per heavy atom. The molecule has 3 heterocycles. The van der Waals surface area contributed by atoms with Gasteiger partial charge in [-0.2, -0.15) is 15.0 Å². The molecule has 2 aliphatic heterocycles. The zero-order chi connectivity index (χ0) is 20.8. The van der Waals surface area contributed by atoms with Crippen LogP contribution in [0.1, 0.15) is 49.7 Å². The maximum absolute atomic E-state index is 11.8. The SMILES string of the molecule is COc1nc(NCc2ccc(CN3CCCC3=O)cc2)nc(N2CCCCCC2)n1. The lowest BCUT2D eigenvalue weighted by molar-refractivity contribution is -0.128. The first kappa shape index (κ1) is 20.4. The topological polar surface area (TPSA) is 83.5 Å². The van der Waals surface area contributed by atoms with Gasteiger partial charge in [-0.25, -0.2) is 0 Å². The van der Waals surface area contributed by atoms with Crippen LogP contribution in [0.4, 0.5) is 11.9 Å². The molecule has 8 nitrogen and oxygen atoms in total. The Morgan fingerprint density at radius 3 is 2.33 bits per heavy atom. The largest absolute Gasteiger partial charge is 0.467 e. The summed E-state index contributed by atoms with van der Waals surface area (Å²) in [6.45, 7) is 4.09. The van der Waals surface area contributed by atoms with E-state index in [1.807, 2.05) is 4.90 Å². The summed E-state index contributed by atoms with van der Waals surface area (Å²) in [5.74, 6) is 1.45. The van der Waals surface area contributed by atoms with Crippen molar-refractivity contribution in [1.82, 2.24) is 19.9 Å². The normalized spacial score (nSPS) is 17.2. The Labute approximate surface area is 177 Å². The van der Waals surface area contributed by atoms with Gasteiger partial charge in [0.1, 0.15) is 0 Å². The highest BCUT2D eigenvalue weighted by Crippen LogP contribution is 2.20. The van der Waals surface area contributed by atoms with Gasteiger partial charge in [-0.15, -0.1) is 0 Å². The number of rotatable bonds is 7. The van der Waals surface area contributed by atoms with Crippen molar-refractivity contribution >= 4 is 17.8 Å². The Balaban J connectivity index is 1.39. The van der Waals surface area contributed by atoms with Gasteiger partial charge in [-0.1, -0.05) is 37.1 Å². The standard InChI is InChI=1S/C22H30N6O2/c1-30-22-25-20(24-21(26-22)27-12-4-2-3-5-13-27)23-15-17-8-10-18(11-9-17)16-28-14-6-7-19(28)29/h8-11H,2-7,12-16H2,1H3,(H,23,24,25,26). The molecule has 1 amide bonds. The highest BCUT2D eigenvalue weighted by atomic mass is 16.5. The van der Waals surface area contributed by atoms with Gasteiger partial charge in [0, 0.05) is 39.1 Å². The maximum atomic E-state index is 11.8. The molecule has 2 saturated heterocycles. The number of anilines is 2. The fraction of sp³-hybridized carbons (Fsp3) is 0.545. The van der Waals surface area contributed by atoms with Crippen LogP contribution in [0, 0.1) is 0 Å². The molecule has 160 valence electrons. The van der Waals surface area contributed by atoms with E-state index in [0.717, 1.165) is 50.0 Å². The third-order valence-electron chi connectivity index (χ3n) is 5.69. The van der Waals surface area contributed by atoms with E-state index in [1.165, 1.54) is 12.8 Å².